The average molecular weight is 221 g/mol. The third-order valence-corrected chi connectivity index (χ3v) is 2.76. The summed E-state index contributed by atoms with van der Waals surface area (Å²) in [6.07, 6.45) is 3.96. The SMILES string of the molecule is COC1=CC(=O)N(Cc2nc[nH]c2C)CC1. The quantitative estimate of drug-likeness (QED) is 0.827. The van der Waals surface area contributed by atoms with Gasteiger partial charge in [-0.3, -0.25) is 4.79 Å². The minimum Gasteiger partial charge on any atom is -0.501 e. The van der Waals surface area contributed by atoms with Gasteiger partial charge in [-0.25, -0.2) is 4.98 Å². The van der Waals surface area contributed by atoms with Crippen LogP contribution in [0.4, 0.5) is 0 Å². The van der Waals surface area contributed by atoms with Crippen LogP contribution in [0.25, 0.3) is 0 Å². The summed E-state index contributed by atoms with van der Waals surface area (Å²) >= 11 is 0. The number of hydrogen-bond donors (Lipinski definition) is 1. The Morgan fingerprint density at radius 2 is 2.44 bits per heavy atom. The first-order valence-corrected chi connectivity index (χ1v) is 5.23. The van der Waals surface area contributed by atoms with Gasteiger partial charge in [0.1, 0.15) is 5.76 Å². The Balaban J connectivity index is 2.06. The molecule has 1 amide bonds. The van der Waals surface area contributed by atoms with Crippen LogP contribution in [-0.2, 0) is 16.1 Å². The first-order valence-electron chi connectivity index (χ1n) is 5.23. The Bertz CT molecular complexity index is 423. The van der Waals surface area contributed by atoms with Crippen molar-refractivity contribution in [3.05, 3.63) is 29.6 Å². The second kappa shape index (κ2) is 4.38. The van der Waals surface area contributed by atoms with Gasteiger partial charge in [-0.2, -0.15) is 0 Å². The number of aromatic amines is 1. The summed E-state index contributed by atoms with van der Waals surface area (Å²) in [6, 6.07) is 0. The van der Waals surface area contributed by atoms with Crippen molar-refractivity contribution in [1.82, 2.24) is 14.9 Å². The van der Waals surface area contributed by atoms with Gasteiger partial charge in [0.2, 0.25) is 5.91 Å². The van der Waals surface area contributed by atoms with E-state index in [0.29, 0.717) is 13.1 Å². The second-order valence-electron chi connectivity index (χ2n) is 3.80. The number of aryl methyl sites for hydroxylation is 1. The van der Waals surface area contributed by atoms with Gasteiger partial charge >= 0.3 is 0 Å². The lowest BCUT2D eigenvalue weighted by atomic mass is 10.2. The fourth-order valence-electron chi connectivity index (χ4n) is 1.70. The van der Waals surface area contributed by atoms with E-state index >= 15 is 0 Å². The maximum atomic E-state index is 11.7. The van der Waals surface area contributed by atoms with E-state index in [2.05, 4.69) is 9.97 Å². The third-order valence-electron chi connectivity index (χ3n) is 2.76. The van der Waals surface area contributed by atoms with E-state index in [-0.39, 0.29) is 5.91 Å². The Hall–Kier alpha value is -1.78. The number of rotatable bonds is 3. The van der Waals surface area contributed by atoms with Crippen LogP contribution in [-0.4, -0.2) is 34.4 Å². The zero-order valence-electron chi connectivity index (χ0n) is 9.49. The molecule has 0 saturated heterocycles. The summed E-state index contributed by atoms with van der Waals surface area (Å²) < 4.78 is 5.06. The molecule has 0 aromatic carbocycles. The van der Waals surface area contributed by atoms with Crippen molar-refractivity contribution >= 4 is 5.91 Å². The standard InChI is InChI=1S/C11H15N3O2/c1-8-10(13-7-12-8)6-14-4-3-9(16-2)5-11(14)15/h5,7H,3-4,6H2,1-2H3,(H,12,13). The van der Waals surface area contributed by atoms with Gasteiger partial charge in [-0.1, -0.05) is 0 Å². The molecule has 5 nitrogen and oxygen atoms in total. The van der Waals surface area contributed by atoms with Gasteiger partial charge < -0.3 is 14.6 Å². The number of methoxy groups -OCH3 is 1. The van der Waals surface area contributed by atoms with E-state index in [9.17, 15) is 4.79 Å². The number of nitrogens with one attached hydrogen (secondary N) is 1. The summed E-state index contributed by atoms with van der Waals surface area (Å²) in [5.41, 5.74) is 1.93. The highest BCUT2D eigenvalue weighted by atomic mass is 16.5. The molecule has 0 radical (unpaired) electrons. The molecule has 0 bridgehead atoms. The summed E-state index contributed by atoms with van der Waals surface area (Å²) in [4.78, 5) is 20.7. The average Bonchev–Trinajstić information content (AvgIpc) is 2.67. The number of ether oxygens (including phenoxy) is 1. The lowest BCUT2D eigenvalue weighted by molar-refractivity contribution is -0.127. The molecule has 1 aromatic rings. The van der Waals surface area contributed by atoms with Crippen LogP contribution in [0.1, 0.15) is 17.8 Å². The zero-order chi connectivity index (χ0) is 11.5. The van der Waals surface area contributed by atoms with Crippen molar-refractivity contribution in [3.8, 4) is 0 Å². The number of carbonyl (C=O) groups excluding carboxylic acids is 1. The van der Waals surface area contributed by atoms with Crippen molar-refractivity contribution in [2.24, 2.45) is 0 Å². The van der Waals surface area contributed by atoms with Crippen molar-refractivity contribution < 1.29 is 9.53 Å². The molecular formula is C11H15N3O2. The van der Waals surface area contributed by atoms with Gasteiger partial charge in [0.15, 0.2) is 0 Å². The fraction of sp³-hybridized carbons (Fsp3) is 0.455. The zero-order valence-corrected chi connectivity index (χ0v) is 9.49. The molecule has 0 fully saturated rings. The van der Waals surface area contributed by atoms with Crippen molar-refractivity contribution in [1.29, 1.82) is 0 Å². The molecule has 1 N–H and O–H groups in total. The Morgan fingerprint density at radius 1 is 1.62 bits per heavy atom. The van der Waals surface area contributed by atoms with Crippen molar-refractivity contribution in [2.75, 3.05) is 13.7 Å². The number of imidazole rings is 1. The highest BCUT2D eigenvalue weighted by Crippen LogP contribution is 2.15. The van der Waals surface area contributed by atoms with Gasteiger partial charge in [-0.05, 0) is 6.92 Å². The van der Waals surface area contributed by atoms with Crippen LogP contribution in [0.2, 0.25) is 0 Å². The summed E-state index contributed by atoms with van der Waals surface area (Å²) in [5, 5.41) is 0. The van der Waals surface area contributed by atoms with Gasteiger partial charge in [0.05, 0.1) is 25.7 Å². The lowest BCUT2D eigenvalue weighted by Crippen LogP contribution is -2.34. The van der Waals surface area contributed by atoms with Gasteiger partial charge in [0.25, 0.3) is 0 Å². The summed E-state index contributed by atoms with van der Waals surface area (Å²) in [7, 11) is 1.59. The normalized spacial score (nSPS) is 16.2. The molecule has 86 valence electrons. The highest BCUT2D eigenvalue weighted by Gasteiger charge is 2.20. The van der Waals surface area contributed by atoms with E-state index in [1.807, 2.05) is 6.92 Å². The molecule has 1 aliphatic rings. The highest BCUT2D eigenvalue weighted by molar-refractivity contribution is 5.88. The first-order chi connectivity index (χ1) is 7.70. The smallest absolute Gasteiger partial charge is 0.250 e. The van der Waals surface area contributed by atoms with Crippen molar-refractivity contribution in [3.63, 3.8) is 0 Å². The van der Waals surface area contributed by atoms with Crippen LogP contribution in [0, 0.1) is 6.92 Å². The number of nitrogens with zero attached hydrogens (tertiary/aromatic N) is 2. The molecule has 0 spiro atoms. The Labute approximate surface area is 94.1 Å². The topological polar surface area (TPSA) is 58.2 Å². The number of H-pyrrole nitrogens is 1. The first kappa shape index (κ1) is 10.7. The third kappa shape index (κ3) is 2.08. The Kier molecular flexibility index (Phi) is 2.94. The number of amides is 1. The maximum absolute atomic E-state index is 11.7. The van der Waals surface area contributed by atoms with Crippen molar-refractivity contribution in [2.45, 2.75) is 19.9 Å². The van der Waals surface area contributed by atoms with E-state index in [1.54, 1.807) is 24.4 Å². The monoisotopic (exact) mass is 221 g/mol. The molecule has 1 aliphatic heterocycles. The van der Waals surface area contributed by atoms with Crippen LogP contribution >= 0.6 is 0 Å². The molecule has 0 saturated carbocycles. The number of carbonyl (C=O) groups is 1. The van der Waals surface area contributed by atoms with Gasteiger partial charge in [0, 0.05) is 24.7 Å². The predicted octanol–water partition coefficient (Wildman–Crippen LogP) is 0.981. The molecule has 0 atom stereocenters. The molecule has 2 heterocycles. The predicted molar refractivity (Wildman–Crippen MR) is 58.5 cm³/mol. The minimum atomic E-state index is -0.00880. The van der Waals surface area contributed by atoms with E-state index in [1.165, 1.54) is 0 Å². The maximum Gasteiger partial charge on any atom is 0.250 e. The molecular weight excluding hydrogens is 206 g/mol. The summed E-state index contributed by atoms with van der Waals surface area (Å²) in [5.74, 6) is 0.741. The second-order valence-corrected chi connectivity index (χ2v) is 3.80. The van der Waals surface area contributed by atoms with Crippen LogP contribution in [0.5, 0.6) is 0 Å². The van der Waals surface area contributed by atoms with E-state index < -0.39 is 0 Å². The largest absolute Gasteiger partial charge is 0.501 e. The van der Waals surface area contributed by atoms with Crippen LogP contribution < -0.4 is 0 Å². The van der Waals surface area contributed by atoms with Crippen LogP contribution in [0.15, 0.2) is 18.2 Å². The number of aromatic nitrogens is 2. The molecule has 5 heteroatoms. The van der Waals surface area contributed by atoms with E-state index in [0.717, 1.165) is 23.6 Å². The van der Waals surface area contributed by atoms with Crippen LogP contribution in [0.3, 0.4) is 0 Å². The van der Waals surface area contributed by atoms with E-state index in [4.69, 9.17) is 4.74 Å². The lowest BCUT2D eigenvalue weighted by Gasteiger charge is -2.25. The van der Waals surface area contributed by atoms with Gasteiger partial charge in [-0.15, -0.1) is 0 Å². The summed E-state index contributed by atoms with van der Waals surface area (Å²) in [6.45, 7) is 3.19. The molecule has 0 aliphatic carbocycles. The number of hydrogen-bond acceptors (Lipinski definition) is 3. The minimum absolute atomic E-state index is 0.00880. The Morgan fingerprint density at radius 3 is 3.00 bits per heavy atom. The molecule has 1 aromatic heterocycles. The molecule has 16 heavy (non-hydrogen) atoms. The fourth-order valence-corrected chi connectivity index (χ4v) is 1.70. The molecule has 0 unspecified atom stereocenters. The molecule has 2 rings (SSSR count).